The standard InChI is InChI=1S/C27H35FN4O3S/c1-27(2,3)18-25(33)31(11-10-30-12-14-35-15-13-30)19-26(34)32-23(20-7-4-5-8-21(20)28)17-22(29-32)24-9-6-16-36-24/h4-9,16,23H,10-15,17-19H2,1-3H3/t23-/m0/s1. The normalized spacial score (nSPS) is 18.8. The first-order chi connectivity index (χ1) is 17.2. The quantitative estimate of drug-likeness (QED) is 0.531. The van der Waals surface area contributed by atoms with E-state index in [1.165, 1.54) is 11.1 Å². The maximum atomic E-state index is 14.8. The fourth-order valence-corrected chi connectivity index (χ4v) is 5.22. The molecule has 2 amide bonds. The summed E-state index contributed by atoms with van der Waals surface area (Å²) in [6, 6.07) is 9.86. The van der Waals surface area contributed by atoms with Crippen LogP contribution in [0.3, 0.4) is 0 Å². The number of hydrazone groups is 1. The number of nitrogens with zero attached hydrogens (tertiary/aromatic N) is 4. The molecule has 1 fully saturated rings. The Morgan fingerprint density at radius 1 is 1.17 bits per heavy atom. The number of hydrogen-bond donors (Lipinski definition) is 0. The molecular formula is C27H35FN4O3S. The minimum absolute atomic E-state index is 0.0618. The second-order valence-electron chi connectivity index (χ2n) is 10.5. The lowest BCUT2D eigenvalue weighted by atomic mass is 9.91. The molecular weight excluding hydrogens is 479 g/mol. The van der Waals surface area contributed by atoms with E-state index < -0.39 is 6.04 Å². The highest BCUT2D eigenvalue weighted by atomic mass is 32.1. The first kappa shape index (κ1) is 26.4. The van der Waals surface area contributed by atoms with Crippen LogP contribution in [0, 0.1) is 11.2 Å². The van der Waals surface area contributed by atoms with E-state index in [-0.39, 0.29) is 29.6 Å². The number of amides is 2. The molecule has 2 aliphatic heterocycles. The Morgan fingerprint density at radius 2 is 1.92 bits per heavy atom. The zero-order chi connectivity index (χ0) is 25.7. The van der Waals surface area contributed by atoms with Crippen molar-refractivity contribution in [3.63, 3.8) is 0 Å². The fourth-order valence-electron chi connectivity index (χ4n) is 4.50. The third kappa shape index (κ3) is 6.78. The van der Waals surface area contributed by atoms with Crippen LogP contribution in [0.2, 0.25) is 0 Å². The van der Waals surface area contributed by atoms with Crippen LogP contribution in [0.25, 0.3) is 0 Å². The molecule has 2 aliphatic rings. The van der Waals surface area contributed by atoms with Gasteiger partial charge in [0, 0.05) is 44.6 Å². The van der Waals surface area contributed by atoms with Crippen molar-refractivity contribution in [2.24, 2.45) is 10.5 Å². The molecule has 36 heavy (non-hydrogen) atoms. The second-order valence-corrected chi connectivity index (χ2v) is 11.5. The average Bonchev–Trinajstić information content (AvgIpc) is 3.52. The van der Waals surface area contributed by atoms with Gasteiger partial charge in [0.25, 0.3) is 5.91 Å². The van der Waals surface area contributed by atoms with E-state index in [1.807, 2.05) is 38.3 Å². The molecule has 1 saturated heterocycles. The van der Waals surface area contributed by atoms with Crippen molar-refractivity contribution in [1.29, 1.82) is 0 Å². The molecule has 0 unspecified atom stereocenters. The number of carbonyl (C=O) groups is 2. The summed E-state index contributed by atoms with van der Waals surface area (Å²) in [5.74, 6) is -0.733. The van der Waals surface area contributed by atoms with Gasteiger partial charge in [0.2, 0.25) is 5.91 Å². The molecule has 0 aliphatic carbocycles. The number of morpholine rings is 1. The molecule has 1 aromatic carbocycles. The van der Waals surface area contributed by atoms with Crippen molar-refractivity contribution in [3.8, 4) is 0 Å². The summed E-state index contributed by atoms with van der Waals surface area (Å²) in [5.41, 5.74) is 0.986. The lowest BCUT2D eigenvalue weighted by molar-refractivity contribution is -0.142. The molecule has 0 saturated carbocycles. The Labute approximate surface area is 216 Å². The summed E-state index contributed by atoms with van der Waals surface area (Å²) >= 11 is 1.54. The highest BCUT2D eigenvalue weighted by Gasteiger charge is 2.36. The van der Waals surface area contributed by atoms with Gasteiger partial charge in [-0.25, -0.2) is 9.40 Å². The summed E-state index contributed by atoms with van der Waals surface area (Å²) in [6.07, 6.45) is 0.765. The Morgan fingerprint density at radius 3 is 2.58 bits per heavy atom. The Balaban J connectivity index is 1.55. The topological polar surface area (TPSA) is 65.5 Å². The summed E-state index contributed by atoms with van der Waals surface area (Å²) in [7, 11) is 0. The molecule has 1 aromatic heterocycles. The summed E-state index contributed by atoms with van der Waals surface area (Å²) < 4.78 is 20.2. The first-order valence-electron chi connectivity index (χ1n) is 12.5. The van der Waals surface area contributed by atoms with Gasteiger partial charge in [0.1, 0.15) is 12.4 Å². The average molecular weight is 515 g/mol. The highest BCUT2D eigenvalue weighted by Crippen LogP contribution is 2.35. The van der Waals surface area contributed by atoms with Crippen LogP contribution in [0.4, 0.5) is 4.39 Å². The zero-order valence-electron chi connectivity index (χ0n) is 21.3. The van der Waals surface area contributed by atoms with Crippen LogP contribution in [0.5, 0.6) is 0 Å². The van der Waals surface area contributed by atoms with Crippen LogP contribution in [0.1, 0.15) is 50.1 Å². The third-order valence-corrected chi connectivity index (χ3v) is 7.30. The number of carbonyl (C=O) groups excluding carboxylic acids is 2. The molecule has 0 bridgehead atoms. The van der Waals surface area contributed by atoms with E-state index in [1.54, 1.807) is 34.4 Å². The Hall–Kier alpha value is -2.62. The number of halogens is 1. The van der Waals surface area contributed by atoms with Gasteiger partial charge in [-0.15, -0.1) is 11.3 Å². The van der Waals surface area contributed by atoms with Crippen molar-refractivity contribution in [3.05, 3.63) is 58.0 Å². The molecule has 7 nitrogen and oxygen atoms in total. The van der Waals surface area contributed by atoms with Crippen LogP contribution in [-0.2, 0) is 14.3 Å². The molecule has 0 spiro atoms. The van der Waals surface area contributed by atoms with Gasteiger partial charge in [-0.1, -0.05) is 45.0 Å². The SMILES string of the molecule is CC(C)(C)CC(=O)N(CCN1CCOCC1)CC(=O)N1N=C(c2cccs2)C[C@H]1c1ccccc1F. The molecule has 1 atom stereocenters. The molecule has 0 radical (unpaired) electrons. The molecule has 2 aromatic rings. The van der Waals surface area contributed by atoms with Gasteiger partial charge < -0.3 is 9.64 Å². The van der Waals surface area contributed by atoms with E-state index >= 15 is 0 Å². The largest absolute Gasteiger partial charge is 0.379 e. The molecule has 4 rings (SSSR count). The highest BCUT2D eigenvalue weighted by molar-refractivity contribution is 7.12. The van der Waals surface area contributed by atoms with Crippen molar-refractivity contribution in [2.45, 2.75) is 39.7 Å². The maximum Gasteiger partial charge on any atom is 0.262 e. The number of hydrogen-bond acceptors (Lipinski definition) is 6. The third-order valence-electron chi connectivity index (χ3n) is 6.39. The van der Waals surface area contributed by atoms with E-state index in [4.69, 9.17) is 4.74 Å². The van der Waals surface area contributed by atoms with Crippen molar-refractivity contribution >= 4 is 28.9 Å². The van der Waals surface area contributed by atoms with Crippen LogP contribution < -0.4 is 0 Å². The van der Waals surface area contributed by atoms with Gasteiger partial charge in [-0.05, 0) is 22.9 Å². The monoisotopic (exact) mass is 514 g/mol. The maximum absolute atomic E-state index is 14.8. The Bertz CT molecular complexity index is 1080. The molecule has 9 heteroatoms. The lowest BCUT2D eigenvalue weighted by Gasteiger charge is -2.32. The van der Waals surface area contributed by atoms with Gasteiger partial charge >= 0.3 is 0 Å². The predicted molar refractivity (Wildman–Crippen MR) is 139 cm³/mol. The van der Waals surface area contributed by atoms with E-state index in [0.717, 1.165) is 23.7 Å². The molecule has 3 heterocycles. The summed E-state index contributed by atoms with van der Waals surface area (Å²) in [4.78, 5) is 31.8. The minimum Gasteiger partial charge on any atom is -0.379 e. The Kier molecular flexibility index (Phi) is 8.54. The van der Waals surface area contributed by atoms with E-state index in [9.17, 15) is 14.0 Å². The second kappa shape index (κ2) is 11.6. The van der Waals surface area contributed by atoms with Crippen LogP contribution in [0.15, 0.2) is 46.9 Å². The van der Waals surface area contributed by atoms with Crippen molar-refractivity contribution < 1.29 is 18.7 Å². The first-order valence-corrected chi connectivity index (χ1v) is 13.3. The molecule has 194 valence electrons. The minimum atomic E-state index is -0.547. The number of ether oxygens (including phenoxy) is 1. The van der Waals surface area contributed by atoms with Gasteiger partial charge in [0.15, 0.2) is 0 Å². The van der Waals surface area contributed by atoms with Gasteiger partial charge in [0.05, 0.1) is 29.8 Å². The van der Waals surface area contributed by atoms with Crippen LogP contribution in [-0.4, -0.2) is 78.3 Å². The van der Waals surface area contributed by atoms with E-state index in [0.29, 0.717) is 44.7 Å². The smallest absolute Gasteiger partial charge is 0.262 e. The summed E-state index contributed by atoms with van der Waals surface area (Å²) in [5, 5.41) is 7.99. The fraction of sp³-hybridized carbons (Fsp3) is 0.519. The summed E-state index contributed by atoms with van der Waals surface area (Å²) in [6.45, 7) is 10.0. The molecule has 0 N–H and O–H groups in total. The number of rotatable bonds is 8. The zero-order valence-corrected chi connectivity index (χ0v) is 22.1. The van der Waals surface area contributed by atoms with Crippen LogP contribution >= 0.6 is 11.3 Å². The van der Waals surface area contributed by atoms with Gasteiger partial charge in [-0.3, -0.25) is 14.5 Å². The number of benzene rings is 1. The van der Waals surface area contributed by atoms with Crippen molar-refractivity contribution in [2.75, 3.05) is 45.9 Å². The lowest BCUT2D eigenvalue weighted by Crippen LogP contribution is -2.47. The van der Waals surface area contributed by atoms with E-state index in [2.05, 4.69) is 10.0 Å². The van der Waals surface area contributed by atoms with Gasteiger partial charge in [-0.2, -0.15) is 5.10 Å². The van der Waals surface area contributed by atoms with Crippen molar-refractivity contribution in [1.82, 2.24) is 14.8 Å². The number of thiophene rings is 1. The predicted octanol–water partition coefficient (Wildman–Crippen LogP) is 4.16.